The van der Waals surface area contributed by atoms with Gasteiger partial charge in [0.15, 0.2) is 6.61 Å². The Morgan fingerprint density at radius 3 is 2.32 bits per heavy atom. The largest absolute Gasteiger partial charge is 0.497 e. The Morgan fingerprint density at radius 1 is 1.00 bits per heavy atom. The number of esters is 1. The van der Waals surface area contributed by atoms with Gasteiger partial charge in [0.25, 0.3) is 5.91 Å². The van der Waals surface area contributed by atoms with Gasteiger partial charge < -0.3 is 24.1 Å². The molecule has 1 heterocycles. The molecule has 2 aromatic carbocycles. The third-order valence-electron chi connectivity index (χ3n) is 4.96. The zero-order valence-electron chi connectivity index (χ0n) is 18.5. The van der Waals surface area contributed by atoms with Crippen molar-refractivity contribution in [3.63, 3.8) is 0 Å². The van der Waals surface area contributed by atoms with E-state index in [1.165, 1.54) is 0 Å². The van der Waals surface area contributed by atoms with E-state index >= 15 is 0 Å². The van der Waals surface area contributed by atoms with Crippen LogP contribution in [0.1, 0.15) is 36.8 Å². The van der Waals surface area contributed by atoms with Crippen molar-refractivity contribution >= 4 is 22.8 Å². The van der Waals surface area contributed by atoms with Gasteiger partial charge in [0.1, 0.15) is 17.2 Å². The highest BCUT2D eigenvalue weighted by atomic mass is 16.5. The van der Waals surface area contributed by atoms with Crippen molar-refractivity contribution in [2.24, 2.45) is 0 Å². The average Bonchev–Trinajstić information content (AvgIpc) is 3.19. The highest BCUT2D eigenvalue weighted by Gasteiger charge is 2.27. The average molecular weight is 424 g/mol. The molecular weight excluding hydrogens is 396 g/mol. The maximum atomic E-state index is 12.9. The summed E-state index contributed by atoms with van der Waals surface area (Å²) in [6.45, 7) is 5.94. The molecule has 0 atom stereocenters. The molecule has 7 nitrogen and oxygen atoms in total. The summed E-state index contributed by atoms with van der Waals surface area (Å²) in [5, 5.41) is 0.745. The Morgan fingerprint density at radius 2 is 1.71 bits per heavy atom. The topological polar surface area (TPSA) is 80.9 Å². The molecule has 0 spiro atoms. The van der Waals surface area contributed by atoms with Gasteiger partial charge in [0.2, 0.25) is 0 Å². The highest BCUT2D eigenvalue weighted by molar-refractivity contribution is 5.98. The van der Waals surface area contributed by atoms with Crippen LogP contribution in [0.5, 0.6) is 11.5 Å². The van der Waals surface area contributed by atoms with Gasteiger partial charge in [-0.25, -0.2) is 4.79 Å². The predicted molar refractivity (Wildman–Crippen MR) is 118 cm³/mol. The first-order valence-corrected chi connectivity index (χ1v) is 9.99. The van der Waals surface area contributed by atoms with Crippen molar-refractivity contribution in [2.75, 3.05) is 20.8 Å². The lowest BCUT2D eigenvalue weighted by Crippen LogP contribution is -2.46. The van der Waals surface area contributed by atoms with Crippen LogP contribution in [0.15, 0.2) is 48.5 Å². The number of aromatic nitrogens is 1. The second kappa shape index (κ2) is 9.12. The molecule has 1 amide bonds. The minimum atomic E-state index is -0.612. The fourth-order valence-corrected chi connectivity index (χ4v) is 3.32. The molecule has 1 N–H and O–H groups in total. The van der Waals surface area contributed by atoms with Gasteiger partial charge in [-0.3, -0.25) is 4.79 Å². The number of benzene rings is 2. The molecule has 0 radical (unpaired) electrons. The van der Waals surface area contributed by atoms with Crippen LogP contribution in [0, 0.1) is 0 Å². The summed E-state index contributed by atoms with van der Waals surface area (Å²) in [5.41, 5.74) is 1.47. The number of rotatable bonds is 7. The maximum absolute atomic E-state index is 12.9. The van der Waals surface area contributed by atoms with E-state index in [0.29, 0.717) is 23.6 Å². The second-order valence-electron chi connectivity index (χ2n) is 8.19. The molecule has 3 aromatic rings. The number of hydrogen-bond donors (Lipinski definition) is 1. The number of ether oxygens (including phenoxy) is 3. The van der Waals surface area contributed by atoms with Gasteiger partial charge in [-0.2, -0.15) is 0 Å². The predicted octanol–water partition coefficient (Wildman–Crippen LogP) is 4.17. The highest BCUT2D eigenvalue weighted by Crippen LogP contribution is 2.31. The van der Waals surface area contributed by atoms with Crippen molar-refractivity contribution in [3.8, 4) is 11.5 Å². The quantitative estimate of drug-likeness (QED) is 0.576. The number of carbonyl (C=O) groups excluding carboxylic acids is 2. The lowest BCUT2D eigenvalue weighted by Gasteiger charge is -2.35. The van der Waals surface area contributed by atoms with Crippen LogP contribution in [0.2, 0.25) is 0 Å². The Bertz CT molecular complexity index is 1070. The summed E-state index contributed by atoms with van der Waals surface area (Å²) in [5.74, 6) is 0.283. The standard InChI is InChI=1S/C24H28N2O5/c1-24(2,3)26(14-16-9-7-6-8-10-16)21(27)15-31-23(28)19-12-17-11-18(29-4)13-20(30-5)22(17)25-19/h6-13,25H,14-15H2,1-5H3. The van der Waals surface area contributed by atoms with Crippen molar-refractivity contribution in [3.05, 3.63) is 59.8 Å². The Kier molecular flexibility index (Phi) is 6.53. The monoisotopic (exact) mass is 424 g/mol. The number of nitrogens with one attached hydrogen (secondary N) is 1. The number of fused-ring (bicyclic) bond motifs is 1. The number of carbonyl (C=O) groups is 2. The van der Waals surface area contributed by atoms with Crippen LogP contribution in [-0.2, 0) is 16.1 Å². The first-order chi connectivity index (χ1) is 14.7. The van der Waals surface area contributed by atoms with Crippen molar-refractivity contribution in [1.82, 2.24) is 9.88 Å². The molecule has 0 aliphatic rings. The molecule has 0 saturated carbocycles. The van der Waals surface area contributed by atoms with E-state index in [9.17, 15) is 9.59 Å². The smallest absolute Gasteiger partial charge is 0.355 e. The van der Waals surface area contributed by atoms with E-state index in [0.717, 1.165) is 10.9 Å². The van der Waals surface area contributed by atoms with Crippen molar-refractivity contribution in [2.45, 2.75) is 32.9 Å². The van der Waals surface area contributed by atoms with E-state index in [1.807, 2.05) is 51.1 Å². The number of methoxy groups -OCH3 is 2. The molecule has 0 aliphatic carbocycles. The number of amides is 1. The zero-order chi connectivity index (χ0) is 22.6. The van der Waals surface area contributed by atoms with E-state index in [-0.39, 0.29) is 18.2 Å². The molecular formula is C24H28N2O5. The Hall–Kier alpha value is -3.48. The fraction of sp³-hybridized carbons (Fsp3) is 0.333. The fourth-order valence-electron chi connectivity index (χ4n) is 3.32. The van der Waals surface area contributed by atoms with Crippen LogP contribution in [0.4, 0.5) is 0 Å². The summed E-state index contributed by atoms with van der Waals surface area (Å²) >= 11 is 0. The maximum Gasteiger partial charge on any atom is 0.355 e. The summed E-state index contributed by atoms with van der Waals surface area (Å²) in [7, 11) is 3.10. The first-order valence-electron chi connectivity index (χ1n) is 9.99. The minimum absolute atomic E-state index is 0.236. The number of nitrogens with zero attached hydrogens (tertiary/aromatic N) is 1. The van der Waals surface area contributed by atoms with Crippen molar-refractivity contribution < 1.29 is 23.8 Å². The van der Waals surface area contributed by atoms with Crippen LogP contribution in [0.3, 0.4) is 0 Å². The number of hydrogen-bond acceptors (Lipinski definition) is 5. The summed E-state index contributed by atoms with van der Waals surface area (Å²) in [6, 6.07) is 14.9. The van der Waals surface area contributed by atoms with E-state index in [1.54, 1.807) is 37.3 Å². The van der Waals surface area contributed by atoms with Gasteiger partial charge in [0.05, 0.1) is 19.7 Å². The summed E-state index contributed by atoms with van der Waals surface area (Å²) < 4.78 is 16.0. The number of H-pyrrole nitrogens is 1. The summed E-state index contributed by atoms with van der Waals surface area (Å²) in [6.07, 6.45) is 0. The molecule has 0 fully saturated rings. The molecule has 0 unspecified atom stereocenters. The van der Waals surface area contributed by atoms with Crippen LogP contribution < -0.4 is 9.47 Å². The molecule has 0 aliphatic heterocycles. The van der Waals surface area contributed by atoms with E-state index < -0.39 is 11.5 Å². The van der Waals surface area contributed by atoms with E-state index in [4.69, 9.17) is 14.2 Å². The minimum Gasteiger partial charge on any atom is -0.497 e. The molecule has 1 aromatic heterocycles. The van der Waals surface area contributed by atoms with Crippen LogP contribution >= 0.6 is 0 Å². The second-order valence-corrected chi connectivity index (χ2v) is 8.19. The lowest BCUT2D eigenvalue weighted by atomic mass is 10.0. The lowest BCUT2D eigenvalue weighted by molar-refractivity contribution is -0.140. The summed E-state index contributed by atoms with van der Waals surface area (Å²) in [4.78, 5) is 30.2. The molecule has 31 heavy (non-hydrogen) atoms. The van der Waals surface area contributed by atoms with Crippen LogP contribution in [-0.4, -0.2) is 48.1 Å². The van der Waals surface area contributed by atoms with Gasteiger partial charge in [0, 0.05) is 23.5 Å². The Balaban J connectivity index is 1.73. The van der Waals surface area contributed by atoms with Gasteiger partial charge in [-0.15, -0.1) is 0 Å². The van der Waals surface area contributed by atoms with Crippen LogP contribution in [0.25, 0.3) is 10.9 Å². The molecule has 0 saturated heterocycles. The van der Waals surface area contributed by atoms with Gasteiger partial charge in [-0.05, 0) is 38.5 Å². The van der Waals surface area contributed by atoms with Gasteiger partial charge in [-0.1, -0.05) is 30.3 Å². The normalized spacial score (nSPS) is 11.3. The molecule has 0 bridgehead atoms. The van der Waals surface area contributed by atoms with Crippen molar-refractivity contribution in [1.29, 1.82) is 0 Å². The van der Waals surface area contributed by atoms with Gasteiger partial charge >= 0.3 is 5.97 Å². The van der Waals surface area contributed by atoms with E-state index in [2.05, 4.69) is 4.98 Å². The molecule has 3 rings (SSSR count). The zero-order valence-corrected chi connectivity index (χ0v) is 18.5. The third kappa shape index (κ3) is 5.17. The molecule has 7 heteroatoms. The third-order valence-corrected chi connectivity index (χ3v) is 4.96. The molecule has 164 valence electrons. The number of aromatic amines is 1. The Labute approximate surface area is 181 Å². The SMILES string of the molecule is COc1cc(OC)c2[nH]c(C(=O)OCC(=O)N(Cc3ccccc3)C(C)(C)C)cc2c1. The first kappa shape index (κ1) is 22.2.